The first-order valence-corrected chi connectivity index (χ1v) is 7.20. The Kier molecular flexibility index (Phi) is 5.26. The number of nitro groups is 1. The van der Waals surface area contributed by atoms with Gasteiger partial charge in [0.2, 0.25) is 0 Å². The summed E-state index contributed by atoms with van der Waals surface area (Å²) in [5.41, 5.74) is 1.01. The number of ether oxygens (including phenoxy) is 1. The summed E-state index contributed by atoms with van der Waals surface area (Å²) in [6.07, 6.45) is -1.01. The van der Waals surface area contributed by atoms with Crippen molar-refractivity contribution < 1.29 is 19.2 Å². The van der Waals surface area contributed by atoms with Gasteiger partial charge < -0.3 is 10.1 Å². The van der Waals surface area contributed by atoms with E-state index >= 15 is 0 Å². The maximum Gasteiger partial charge on any atom is 0.338 e. The molecule has 24 heavy (non-hydrogen) atoms. The number of para-hydroxylation sites is 1. The highest BCUT2D eigenvalue weighted by Crippen LogP contribution is 2.19. The summed E-state index contributed by atoms with van der Waals surface area (Å²) in [5, 5.41) is 13.4. The van der Waals surface area contributed by atoms with E-state index in [9.17, 15) is 19.7 Å². The summed E-state index contributed by atoms with van der Waals surface area (Å²) >= 11 is 0. The fraction of sp³-hybridized carbons (Fsp3) is 0.176. The van der Waals surface area contributed by atoms with Gasteiger partial charge in [-0.1, -0.05) is 18.2 Å². The van der Waals surface area contributed by atoms with Gasteiger partial charge in [0, 0.05) is 17.3 Å². The molecule has 7 heteroatoms. The summed E-state index contributed by atoms with van der Waals surface area (Å²) in [6.45, 7) is 2.98. The van der Waals surface area contributed by atoms with Crippen LogP contribution in [-0.2, 0) is 9.53 Å². The Labute approximate surface area is 138 Å². The molecule has 2 rings (SSSR count). The van der Waals surface area contributed by atoms with Gasteiger partial charge in [-0.3, -0.25) is 14.9 Å². The predicted molar refractivity (Wildman–Crippen MR) is 87.8 cm³/mol. The quantitative estimate of drug-likeness (QED) is 0.516. The molecule has 0 saturated carbocycles. The number of nitro benzene ring substituents is 1. The van der Waals surface area contributed by atoms with Gasteiger partial charge >= 0.3 is 5.97 Å². The Bertz CT molecular complexity index is 774. The maximum absolute atomic E-state index is 12.1. The number of hydrogen-bond donors (Lipinski definition) is 1. The van der Waals surface area contributed by atoms with Crippen molar-refractivity contribution in [3.05, 3.63) is 69.8 Å². The first-order chi connectivity index (χ1) is 11.4. The molecule has 0 aliphatic carbocycles. The Morgan fingerprint density at radius 3 is 2.42 bits per heavy atom. The van der Waals surface area contributed by atoms with E-state index in [0.717, 1.165) is 0 Å². The second kappa shape index (κ2) is 7.36. The number of nitrogens with zero attached hydrogens (tertiary/aromatic N) is 1. The fourth-order valence-corrected chi connectivity index (χ4v) is 2.03. The van der Waals surface area contributed by atoms with E-state index in [1.165, 1.54) is 32.0 Å². The minimum Gasteiger partial charge on any atom is -0.449 e. The molecule has 2 aromatic rings. The van der Waals surface area contributed by atoms with Crippen LogP contribution in [0.2, 0.25) is 0 Å². The van der Waals surface area contributed by atoms with Crippen molar-refractivity contribution in [1.29, 1.82) is 0 Å². The SMILES string of the molecule is Cc1cc(C(=O)O[C@@H](C)C(=O)Nc2ccccc2)ccc1[N+](=O)[O-]. The van der Waals surface area contributed by atoms with Crippen LogP contribution in [0, 0.1) is 17.0 Å². The second-order valence-corrected chi connectivity index (χ2v) is 5.16. The molecule has 0 spiro atoms. The number of amides is 1. The number of nitrogens with one attached hydrogen (secondary N) is 1. The minimum atomic E-state index is -1.01. The van der Waals surface area contributed by atoms with Crippen LogP contribution in [-0.4, -0.2) is 22.9 Å². The molecule has 0 unspecified atom stereocenters. The molecule has 124 valence electrons. The average molecular weight is 328 g/mol. The number of aryl methyl sites for hydroxylation is 1. The predicted octanol–water partition coefficient (Wildman–Crippen LogP) is 3.09. The average Bonchev–Trinajstić information content (AvgIpc) is 2.55. The smallest absolute Gasteiger partial charge is 0.338 e. The van der Waals surface area contributed by atoms with Crippen LogP contribution in [0.15, 0.2) is 48.5 Å². The van der Waals surface area contributed by atoms with Gasteiger partial charge in [0.25, 0.3) is 11.6 Å². The topological polar surface area (TPSA) is 98.5 Å². The number of anilines is 1. The van der Waals surface area contributed by atoms with Crippen LogP contribution in [0.25, 0.3) is 0 Å². The first-order valence-electron chi connectivity index (χ1n) is 7.20. The van der Waals surface area contributed by atoms with Gasteiger partial charge in [0.1, 0.15) is 0 Å². The molecular formula is C17H16N2O5. The molecule has 7 nitrogen and oxygen atoms in total. The highest BCUT2D eigenvalue weighted by atomic mass is 16.6. The van der Waals surface area contributed by atoms with E-state index in [2.05, 4.69) is 5.32 Å². The Morgan fingerprint density at radius 1 is 1.17 bits per heavy atom. The standard InChI is InChI=1S/C17H16N2O5/c1-11-10-13(8-9-15(11)19(22)23)17(21)24-12(2)16(20)18-14-6-4-3-5-7-14/h3-10,12H,1-2H3,(H,18,20)/t12-/m0/s1. The molecule has 1 N–H and O–H groups in total. The summed E-state index contributed by atoms with van der Waals surface area (Å²) in [6, 6.07) is 12.7. The van der Waals surface area contributed by atoms with Crippen LogP contribution in [0.3, 0.4) is 0 Å². The van der Waals surface area contributed by atoms with E-state index in [1.807, 2.05) is 6.07 Å². The Balaban J connectivity index is 2.02. The molecule has 0 aromatic heterocycles. The molecule has 2 aromatic carbocycles. The van der Waals surface area contributed by atoms with Crippen molar-refractivity contribution in [3.8, 4) is 0 Å². The van der Waals surface area contributed by atoms with E-state index in [1.54, 1.807) is 24.3 Å². The first kappa shape index (κ1) is 17.1. The lowest BCUT2D eigenvalue weighted by molar-refractivity contribution is -0.385. The lowest BCUT2D eigenvalue weighted by atomic mass is 10.1. The van der Waals surface area contributed by atoms with Crippen LogP contribution >= 0.6 is 0 Å². The van der Waals surface area contributed by atoms with Crippen molar-refractivity contribution in [3.63, 3.8) is 0 Å². The summed E-state index contributed by atoms with van der Waals surface area (Å²) in [4.78, 5) is 34.3. The number of hydrogen-bond acceptors (Lipinski definition) is 5. The van der Waals surface area contributed by atoms with Crippen molar-refractivity contribution >= 4 is 23.3 Å². The zero-order valence-electron chi connectivity index (χ0n) is 13.2. The number of esters is 1. The molecule has 0 bridgehead atoms. The van der Waals surface area contributed by atoms with Gasteiger partial charge in [-0.15, -0.1) is 0 Å². The molecular weight excluding hydrogens is 312 g/mol. The molecule has 0 radical (unpaired) electrons. The van der Waals surface area contributed by atoms with E-state index in [4.69, 9.17) is 4.74 Å². The van der Waals surface area contributed by atoms with Crippen molar-refractivity contribution in [2.75, 3.05) is 5.32 Å². The molecule has 0 saturated heterocycles. The largest absolute Gasteiger partial charge is 0.449 e. The monoisotopic (exact) mass is 328 g/mol. The fourth-order valence-electron chi connectivity index (χ4n) is 2.03. The van der Waals surface area contributed by atoms with Gasteiger partial charge in [-0.05, 0) is 38.1 Å². The van der Waals surface area contributed by atoms with Crippen LogP contribution in [0.1, 0.15) is 22.8 Å². The Morgan fingerprint density at radius 2 is 1.83 bits per heavy atom. The zero-order chi connectivity index (χ0) is 17.7. The van der Waals surface area contributed by atoms with E-state index in [-0.39, 0.29) is 11.3 Å². The third-order valence-corrected chi connectivity index (χ3v) is 3.32. The minimum absolute atomic E-state index is 0.0820. The Hall–Kier alpha value is -3.22. The number of benzene rings is 2. The van der Waals surface area contributed by atoms with Crippen LogP contribution in [0.4, 0.5) is 11.4 Å². The normalized spacial score (nSPS) is 11.4. The third-order valence-electron chi connectivity index (χ3n) is 3.32. The summed E-state index contributed by atoms with van der Waals surface area (Å²) in [7, 11) is 0. The van der Waals surface area contributed by atoms with Crippen LogP contribution < -0.4 is 5.32 Å². The second-order valence-electron chi connectivity index (χ2n) is 5.16. The maximum atomic E-state index is 12.1. The molecule has 0 heterocycles. The highest BCUT2D eigenvalue weighted by molar-refractivity contribution is 5.97. The van der Waals surface area contributed by atoms with Crippen molar-refractivity contribution in [1.82, 2.24) is 0 Å². The lowest BCUT2D eigenvalue weighted by Gasteiger charge is -2.13. The summed E-state index contributed by atoms with van der Waals surface area (Å²) in [5.74, 6) is -1.18. The van der Waals surface area contributed by atoms with Crippen molar-refractivity contribution in [2.24, 2.45) is 0 Å². The van der Waals surface area contributed by atoms with E-state index in [0.29, 0.717) is 11.3 Å². The molecule has 1 amide bonds. The number of carbonyl (C=O) groups is 2. The number of rotatable bonds is 5. The number of carbonyl (C=O) groups excluding carboxylic acids is 2. The van der Waals surface area contributed by atoms with Crippen LogP contribution in [0.5, 0.6) is 0 Å². The van der Waals surface area contributed by atoms with Gasteiger partial charge in [0.15, 0.2) is 6.10 Å². The summed E-state index contributed by atoms with van der Waals surface area (Å²) < 4.78 is 5.10. The molecule has 0 aliphatic rings. The molecule has 0 fully saturated rings. The molecule has 0 aliphatic heterocycles. The van der Waals surface area contributed by atoms with Gasteiger partial charge in [0.05, 0.1) is 10.5 Å². The van der Waals surface area contributed by atoms with Crippen molar-refractivity contribution in [2.45, 2.75) is 20.0 Å². The van der Waals surface area contributed by atoms with Gasteiger partial charge in [-0.25, -0.2) is 4.79 Å². The third kappa shape index (κ3) is 4.16. The van der Waals surface area contributed by atoms with Gasteiger partial charge in [-0.2, -0.15) is 0 Å². The highest BCUT2D eigenvalue weighted by Gasteiger charge is 2.20. The lowest BCUT2D eigenvalue weighted by Crippen LogP contribution is -2.30. The zero-order valence-corrected chi connectivity index (χ0v) is 13.2. The van der Waals surface area contributed by atoms with E-state index < -0.39 is 22.9 Å². The molecule has 1 atom stereocenters.